The van der Waals surface area contributed by atoms with Gasteiger partial charge in [-0.15, -0.1) is 0 Å². The third kappa shape index (κ3) is 3.71. The number of nitrogens with two attached hydrogens (primary N) is 1. The van der Waals surface area contributed by atoms with Gasteiger partial charge in [0.05, 0.1) is 21.3 Å². The van der Waals surface area contributed by atoms with Gasteiger partial charge in [0.2, 0.25) is 11.9 Å². The minimum Gasteiger partial charge on any atom is -0.461 e. The first-order valence-electron chi connectivity index (χ1n) is 5.85. The summed E-state index contributed by atoms with van der Waals surface area (Å²) < 4.78 is 6.12. The van der Waals surface area contributed by atoms with Crippen molar-refractivity contribution in [2.24, 2.45) is 0 Å². The Morgan fingerprint density at radius 1 is 1.30 bits per heavy atom. The molecule has 0 saturated heterocycles. The van der Waals surface area contributed by atoms with E-state index in [9.17, 15) is 0 Å². The van der Waals surface area contributed by atoms with Crippen molar-refractivity contribution in [1.82, 2.24) is 15.0 Å². The Kier molecular flexibility index (Phi) is 4.61. The number of rotatable bonds is 4. The smallest absolute Gasteiger partial charge is 0.323 e. The summed E-state index contributed by atoms with van der Waals surface area (Å²) in [5.41, 5.74) is 6.36. The molecular weight excluding hydrogens is 346 g/mol. The average Bonchev–Trinajstić information content (AvgIpc) is 2.33. The monoisotopic (exact) mass is 357 g/mol. The summed E-state index contributed by atoms with van der Waals surface area (Å²) >= 11 is 9.41. The summed E-state index contributed by atoms with van der Waals surface area (Å²) in [6.07, 6.45) is -0.0532. The van der Waals surface area contributed by atoms with E-state index in [0.29, 0.717) is 9.50 Å². The third-order valence-corrected chi connectivity index (χ3v) is 3.57. The molecule has 3 N–H and O–H groups in total. The Morgan fingerprint density at radius 3 is 2.75 bits per heavy atom. The van der Waals surface area contributed by atoms with Crippen molar-refractivity contribution in [3.63, 3.8) is 0 Å². The van der Waals surface area contributed by atoms with E-state index >= 15 is 0 Å². The molecule has 1 aromatic heterocycles. The van der Waals surface area contributed by atoms with E-state index in [4.69, 9.17) is 22.1 Å². The lowest BCUT2D eigenvalue weighted by Crippen LogP contribution is -2.11. The number of anilines is 3. The van der Waals surface area contributed by atoms with Gasteiger partial charge in [-0.05, 0) is 41.9 Å². The fraction of sp³-hybridized carbons (Fsp3) is 0.250. The van der Waals surface area contributed by atoms with Gasteiger partial charge in [-0.25, -0.2) is 0 Å². The highest BCUT2D eigenvalue weighted by Gasteiger charge is 2.10. The van der Waals surface area contributed by atoms with E-state index in [0.717, 1.165) is 5.69 Å². The summed E-state index contributed by atoms with van der Waals surface area (Å²) in [7, 11) is 0. The molecule has 1 aromatic carbocycles. The molecular formula is C12H13BrClN5O. The number of benzene rings is 1. The maximum Gasteiger partial charge on any atom is 0.323 e. The number of nitrogen functional groups attached to an aromatic ring is 1. The lowest BCUT2D eigenvalue weighted by molar-refractivity contribution is 0.222. The van der Waals surface area contributed by atoms with Gasteiger partial charge in [-0.1, -0.05) is 17.7 Å². The summed E-state index contributed by atoms with van der Waals surface area (Å²) in [5, 5.41) is 3.59. The van der Waals surface area contributed by atoms with Crippen LogP contribution in [0.2, 0.25) is 5.02 Å². The lowest BCUT2D eigenvalue weighted by Gasteiger charge is -2.11. The molecule has 0 fully saturated rings. The number of hydrogen-bond acceptors (Lipinski definition) is 6. The fourth-order valence-electron chi connectivity index (χ4n) is 1.41. The zero-order chi connectivity index (χ0) is 14.7. The number of nitrogens with one attached hydrogen (secondary N) is 1. The Balaban J connectivity index is 2.29. The largest absolute Gasteiger partial charge is 0.461 e. The van der Waals surface area contributed by atoms with E-state index in [2.05, 4.69) is 36.2 Å². The summed E-state index contributed by atoms with van der Waals surface area (Å²) in [5.74, 6) is 0.368. The van der Waals surface area contributed by atoms with Crippen LogP contribution in [0.3, 0.4) is 0 Å². The second-order valence-corrected chi connectivity index (χ2v) is 5.39. The van der Waals surface area contributed by atoms with Crippen LogP contribution in [0, 0.1) is 0 Å². The standard InChI is InChI=1S/C12H13BrClN5O/c1-6(2)20-12-18-10(15)17-11(19-12)16-8-5-3-4-7(14)9(8)13/h3-6H,1-2H3,(H3,15,16,17,18,19). The molecule has 6 nitrogen and oxygen atoms in total. The van der Waals surface area contributed by atoms with Gasteiger partial charge >= 0.3 is 6.01 Å². The van der Waals surface area contributed by atoms with Crippen molar-refractivity contribution in [1.29, 1.82) is 0 Å². The van der Waals surface area contributed by atoms with Gasteiger partial charge in [0.15, 0.2) is 0 Å². The normalized spacial score (nSPS) is 10.7. The van der Waals surface area contributed by atoms with Crippen LogP contribution in [0.25, 0.3) is 0 Å². The maximum absolute atomic E-state index is 6.02. The van der Waals surface area contributed by atoms with Gasteiger partial charge in [0.25, 0.3) is 0 Å². The molecule has 0 bridgehead atoms. The van der Waals surface area contributed by atoms with E-state index in [1.165, 1.54) is 0 Å². The first kappa shape index (κ1) is 14.8. The molecule has 0 aliphatic heterocycles. The van der Waals surface area contributed by atoms with Crippen LogP contribution in [-0.4, -0.2) is 21.1 Å². The van der Waals surface area contributed by atoms with E-state index in [1.54, 1.807) is 6.07 Å². The molecule has 20 heavy (non-hydrogen) atoms. The van der Waals surface area contributed by atoms with Crippen molar-refractivity contribution in [2.45, 2.75) is 20.0 Å². The first-order chi connectivity index (χ1) is 9.45. The number of aromatic nitrogens is 3. The van der Waals surface area contributed by atoms with Crippen LogP contribution in [-0.2, 0) is 0 Å². The van der Waals surface area contributed by atoms with Crippen LogP contribution in [0.4, 0.5) is 17.6 Å². The number of nitrogens with zero attached hydrogens (tertiary/aromatic N) is 3. The molecule has 106 valence electrons. The number of ether oxygens (including phenoxy) is 1. The first-order valence-corrected chi connectivity index (χ1v) is 7.02. The molecule has 0 aliphatic carbocycles. The lowest BCUT2D eigenvalue weighted by atomic mass is 10.3. The minimum atomic E-state index is -0.0532. The van der Waals surface area contributed by atoms with Crippen molar-refractivity contribution in [2.75, 3.05) is 11.1 Å². The van der Waals surface area contributed by atoms with Crippen LogP contribution >= 0.6 is 27.5 Å². The van der Waals surface area contributed by atoms with Gasteiger partial charge in [-0.2, -0.15) is 15.0 Å². The molecule has 0 unspecified atom stereocenters. The van der Waals surface area contributed by atoms with Gasteiger partial charge in [-0.3, -0.25) is 0 Å². The maximum atomic E-state index is 6.02. The Morgan fingerprint density at radius 2 is 2.05 bits per heavy atom. The van der Waals surface area contributed by atoms with Crippen molar-refractivity contribution >= 4 is 45.1 Å². The fourth-order valence-corrected chi connectivity index (χ4v) is 1.95. The van der Waals surface area contributed by atoms with Gasteiger partial charge < -0.3 is 15.8 Å². The predicted octanol–water partition coefficient (Wildman–Crippen LogP) is 3.40. The molecule has 0 saturated carbocycles. The van der Waals surface area contributed by atoms with Crippen LogP contribution in [0.1, 0.15) is 13.8 Å². The highest BCUT2D eigenvalue weighted by Crippen LogP contribution is 2.31. The average molecular weight is 359 g/mol. The van der Waals surface area contributed by atoms with Crippen LogP contribution in [0.15, 0.2) is 22.7 Å². The van der Waals surface area contributed by atoms with E-state index < -0.39 is 0 Å². The van der Waals surface area contributed by atoms with Gasteiger partial charge in [0.1, 0.15) is 0 Å². The Labute approximate surface area is 129 Å². The minimum absolute atomic E-state index is 0.0532. The molecule has 2 rings (SSSR count). The number of hydrogen-bond donors (Lipinski definition) is 2. The topological polar surface area (TPSA) is 86.0 Å². The molecule has 0 amide bonds. The number of halogens is 2. The van der Waals surface area contributed by atoms with Crippen LogP contribution in [0.5, 0.6) is 6.01 Å². The zero-order valence-electron chi connectivity index (χ0n) is 10.9. The van der Waals surface area contributed by atoms with Crippen molar-refractivity contribution in [3.8, 4) is 6.01 Å². The van der Waals surface area contributed by atoms with Crippen molar-refractivity contribution < 1.29 is 4.74 Å². The zero-order valence-corrected chi connectivity index (χ0v) is 13.2. The molecule has 8 heteroatoms. The molecule has 0 atom stereocenters. The third-order valence-electron chi connectivity index (χ3n) is 2.17. The Hall–Kier alpha value is -1.60. The molecule has 1 heterocycles. The SMILES string of the molecule is CC(C)Oc1nc(N)nc(Nc2cccc(Cl)c2Br)n1. The summed E-state index contributed by atoms with van der Waals surface area (Å²) in [6, 6.07) is 5.59. The van der Waals surface area contributed by atoms with Crippen molar-refractivity contribution in [3.05, 3.63) is 27.7 Å². The summed E-state index contributed by atoms with van der Waals surface area (Å²) in [6.45, 7) is 3.75. The van der Waals surface area contributed by atoms with Crippen LogP contribution < -0.4 is 15.8 Å². The summed E-state index contributed by atoms with van der Waals surface area (Å²) in [4.78, 5) is 12.1. The second-order valence-electron chi connectivity index (χ2n) is 4.19. The van der Waals surface area contributed by atoms with Gasteiger partial charge in [0, 0.05) is 0 Å². The molecule has 0 radical (unpaired) electrons. The molecule has 2 aromatic rings. The highest BCUT2D eigenvalue weighted by atomic mass is 79.9. The Bertz CT molecular complexity index is 623. The second kappa shape index (κ2) is 6.23. The quantitative estimate of drug-likeness (QED) is 0.871. The predicted molar refractivity (Wildman–Crippen MR) is 82.4 cm³/mol. The molecule has 0 aliphatic rings. The van der Waals surface area contributed by atoms with E-state index in [1.807, 2.05) is 26.0 Å². The molecule has 0 spiro atoms. The highest BCUT2D eigenvalue weighted by molar-refractivity contribution is 9.10. The van der Waals surface area contributed by atoms with E-state index in [-0.39, 0.29) is 24.0 Å².